The summed E-state index contributed by atoms with van der Waals surface area (Å²) in [6, 6.07) is 10.4. The van der Waals surface area contributed by atoms with Gasteiger partial charge in [0, 0.05) is 43.9 Å². The highest BCUT2D eigenvalue weighted by atomic mass is 19.3. The predicted molar refractivity (Wildman–Crippen MR) is 130 cm³/mol. The molecule has 0 saturated carbocycles. The van der Waals surface area contributed by atoms with Gasteiger partial charge in [-0.25, -0.2) is 18.6 Å². The number of alkyl halides is 2. The zero-order chi connectivity index (χ0) is 27.3. The highest BCUT2D eigenvalue weighted by molar-refractivity contribution is 6.13. The summed E-state index contributed by atoms with van der Waals surface area (Å²) in [5, 5.41) is 16.5. The summed E-state index contributed by atoms with van der Waals surface area (Å²) in [7, 11) is 1.49. The number of amides is 3. The molecule has 0 radical (unpaired) electrons. The van der Waals surface area contributed by atoms with Crippen molar-refractivity contribution in [1.82, 2.24) is 20.2 Å². The summed E-state index contributed by atoms with van der Waals surface area (Å²) < 4.78 is 37.2. The number of hydrogen-bond donors (Lipinski definition) is 2. The van der Waals surface area contributed by atoms with Crippen molar-refractivity contribution in [2.45, 2.75) is 25.3 Å². The number of aromatic nitrogens is 1. The Morgan fingerprint density at radius 1 is 1.21 bits per heavy atom. The van der Waals surface area contributed by atoms with Crippen molar-refractivity contribution in [3.8, 4) is 11.5 Å². The van der Waals surface area contributed by atoms with Crippen molar-refractivity contribution in [2.24, 2.45) is 10.5 Å². The van der Waals surface area contributed by atoms with Crippen LogP contribution in [0.15, 0.2) is 53.8 Å². The van der Waals surface area contributed by atoms with Gasteiger partial charge in [-0.3, -0.25) is 14.6 Å². The second-order valence-electron chi connectivity index (χ2n) is 8.91. The molecular weight excluding hydrogens is 504 g/mol. The first-order chi connectivity index (χ1) is 18.2. The van der Waals surface area contributed by atoms with E-state index in [-0.39, 0.29) is 32.5 Å². The smallest absolute Gasteiger partial charge is 0.405 e. The number of likely N-dealkylation sites (tertiary alicyclic amines) is 1. The summed E-state index contributed by atoms with van der Waals surface area (Å²) in [5.41, 5.74) is -0.463. The minimum Gasteiger partial charge on any atom is -0.497 e. The Labute approximate surface area is 217 Å². The van der Waals surface area contributed by atoms with Gasteiger partial charge in [0.1, 0.15) is 36.1 Å². The SMILES string of the molecule is COc1cccc(OCC(NC(=O)O)C(=O)N2CCC3=NN(CC(F)F)C(=O)C3(Cc3ccccn3)C2)c1. The van der Waals surface area contributed by atoms with E-state index < -0.39 is 42.3 Å². The van der Waals surface area contributed by atoms with Crippen LogP contribution in [-0.2, 0) is 16.0 Å². The van der Waals surface area contributed by atoms with Crippen LogP contribution in [-0.4, -0.2) is 89.4 Å². The van der Waals surface area contributed by atoms with Gasteiger partial charge in [0.25, 0.3) is 12.3 Å². The third-order valence-electron chi connectivity index (χ3n) is 6.40. The lowest BCUT2D eigenvalue weighted by atomic mass is 9.74. The second kappa shape index (κ2) is 11.4. The fraction of sp³-hybridized carbons (Fsp3) is 0.400. The topological polar surface area (TPSA) is 134 Å². The molecule has 1 saturated heterocycles. The largest absolute Gasteiger partial charge is 0.497 e. The molecule has 2 N–H and O–H groups in total. The molecule has 2 aliphatic rings. The third-order valence-corrected chi connectivity index (χ3v) is 6.40. The molecule has 0 bridgehead atoms. The van der Waals surface area contributed by atoms with Crippen LogP contribution >= 0.6 is 0 Å². The lowest BCUT2D eigenvalue weighted by Crippen LogP contribution is -2.60. The van der Waals surface area contributed by atoms with Crippen molar-refractivity contribution in [3.63, 3.8) is 0 Å². The van der Waals surface area contributed by atoms with Gasteiger partial charge in [-0.05, 0) is 24.3 Å². The standard InChI is InChI=1S/C25H27F2N5O6/c1-37-17-6-4-7-18(11-17)38-14-19(29-24(35)36)22(33)31-10-8-20-25(15-31,12-16-5-2-3-9-28-16)23(34)32(30-20)13-21(26)27/h2-7,9,11,19,21,29H,8,10,12-15H2,1H3,(H,35,36). The average Bonchev–Trinajstić information content (AvgIpc) is 3.16. The molecule has 202 valence electrons. The Morgan fingerprint density at radius 2 is 2.00 bits per heavy atom. The van der Waals surface area contributed by atoms with Crippen LogP contribution in [0.3, 0.4) is 0 Å². The van der Waals surface area contributed by atoms with Crippen LogP contribution in [0, 0.1) is 5.41 Å². The molecule has 4 rings (SSSR count). The van der Waals surface area contributed by atoms with E-state index in [0.29, 0.717) is 22.9 Å². The molecule has 0 spiro atoms. The molecule has 38 heavy (non-hydrogen) atoms. The molecule has 2 aliphatic heterocycles. The molecule has 1 aromatic carbocycles. The first-order valence-electron chi connectivity index (χ1n) is 11.8. The zero-order valence-corrected chi connectivity index (χ0v) is 20.5. The van der Waals surface area contributed by atoms with Gasteiger partial charge in [-0.15, -0.1) is 0 Å². The van der Waals surface area contributed by atoms with Crippen LogP contribution in [0.4, 0.5) is 13.6 Å². The normalized spacial score (nSPS) is 19.6. The van der Waals surface area contributed by atoms with Crippen molar-refractivity contribution in [2.75, 3.05) is 33.4 Å². The number of piperidine rings is 1. The number of methoxy groups -OCH3 is 1. The fourth-order valence-corrected chi connectivity index (χ4v) is 4.65. The Hall–Kier alpha value is -4.29. The van der Waals surface area contributed by atoms with Crippen LogP contribution in [0.2, 0.25) is 0 Å². The van der Waals surface area contributed by atoms with Crippen LogP contribution in [0.5, 0.6) is 11.5 Å². The zero-order valence-electron chi connectivity index (χ0n) is 20.5. The maximum absolute atomic E-state index is 13.5. The highest BCUT2D eigenvalue weighted by Gasteiger charge is 2.55. The molecule has 1 fully saturated rings. The highest BCUT2D eigenvalue weighted by Crippen LogP contribution is 2.38. The van der Waals surface area contributed by atoms with Gasteiger partial charge in [-0.1, -0.05) is 12.1 Å². The van der Waals surface area contributed by atoms with E-state index in [0.717, 1.165) is 5.01 Å². The monoisotopic (exact) mass is 531 g/mol. The summed E-state index contributed by atoms with van der Waals surface area (Å²) in [6.45, 7) is -1.24. The van der Waals surface area contributed by atoms with E-state index in [4.69, 9.17) is 9.47 Å². The van der Waals surface area contributed by atoms with E-state index in [1.807, 2.05) is 0 Å². The fourth-order valence-electron chi connectivity index (χ4n) is 4.65. The summed E-state index contributed by atoms with van der Waals surface area (Å²) in [4.78, 5) is 44.1. The molecule has 2 unspecified atom stereocenters. The van der Waals surface area contributed by atoms with E-state index in [1.54, 1.807) is 48.7 Å². The molecule has 2 atom stereocenters. The molecule has 1 aromatic heterocycles. The van der Waals surface area contributed by atoms with Gasteiger partial charge in [0.05, 0.1) is 12.8 Å². The number of carboxylic acid groups (broad SMARTS) is 1. The molecule has 0 aliphatic carbocycles. The second-order valence-corrected chi connectivity index (χ2v) is 8.91. The summed E-state index contributed by atoms with van der Waals surface area (Å²) in [6.07, 6.45) is -2.47. The van der Waals surface area contributed by atoms with E-state index in [2.05, 4.69) is 15.4 Å². The van der Waals surface area contributed by atoms with Gasteiger partial charge in [0.15, 0.2) is 0 Å². The van der Waals surface area contributed by atoms with Crippen LogP contribution < -0.4 is 14.8 Å². The van der Waals surface area contributed by atoms with E-state index >= 15 is 0 Å². The van der Waals surface area contributed by atoms with E-state index in [9.17, 15) is 28.3 Å². The number of benzene rings is 1. The van der Waals surface area contributed by atoms with Gasteiger partial charge < -0.3 is 24.8 Å². The Kier molecular flexibility index (Phi) is 8.03. The van der Waals surface area contributed by atoms with Gasteiger partial charge >= 0.3 is 6.09 Å². The van der Waals surface area contributed by atoms with Crippen molar-refractivity contribution in [3.05, 3.63) is 54.4 Å². The molecule has 3 heterocycles. The number of halogens is 2. The van der Waals surface area contributed by atoms with Crippen molar-refractivity contribution in [1.29, 1.82) is 0 Å². The lowest BCUT2D eigenvalue weighted by molar-refractivity contribution is -0.142. The number of carbonyl (C=O) groups excluding carboxylic acids is 2. The van der Waals surface area contributed by atoms with Crippen LogP contribution in [0.1, 0.15) is 12.1 Å². The Morgan fingerprint density at radius 3 is 2.68 bits per heavy atom. The quantitative estimate of drug-likeness (QED) is 0.479. The average molecular weight is 532 g/mol. The number of ether oxygens (including phenoxy) is 2. The number of nitrogens with zero attached hydrogens (tertiary/aromatic N) is 4. The minimum absolute atomic E-state index is 0.0480. The van der Waals surface area contributed by atoms with Crippen LogP contribution in [0.25, 0.3) is 0 Å². The number of carbonyl (C=O) groups is 3. The maximum atomic E-state index is 13.5. The molecule has 2 aromatic rings. The van der Waals surface area contributed by atoms with Gasteiger partial charge in [0.2, 0.25) is 5.91 Å². The van der Waals surface area contributed by atoms with Crippen molar-refractivity contribution < 1.29 is 37.7 Å². The number of rotatable bonds is 10. The minimum atomic E-state index is -2.79. The van der Waals surface area contributed by atoms with E-state index in [1.165, 1.54) is 12.0 Å². The Bertz CT molecular complexity index is 1210. The predicted octanol–water partition coefficient (Wildman–Crippen LogP) is 2.03. The summed E-state index contributed by atoms with van der Waals surface area (Å²) >= 11 is 0. The van der Waals surface area contributed by atoms with Crippen molar-refractivity contribution >= 4 is 23.6 Å². The Balaban J connectivity index is 1.57. The lowest BCUT2D eigenvalue weighted by Gasteiger charge is -2.40. The molecule has 3 amide bonds. The number of fused-ring (bicyclic) bond motifs is 1. The maximum Gasteiger partial charge on any atom is 0.405 e. The first-order valence-corrected chi connectivity index (χ1v) is 11.8. The van der Waals surface area contributed by atoms with Gasteiger partial charge in [-0.2, -0.15) is 5.10 Å². The number of hydrogen-bond acceptors (Lipinski definition) is 7. The number of pyridine rings is 1. The summed E-state index contributed by atoms with van der Waals surface area (Å²) in [5.74, 6) is -0.382. The third kappa shape index (κ3) is 5.82. The molecule has 11 nitrogen and oxygen atoms in total. The first kappa shape index (κ1) is 26.8. The molecule has 13 heteroatoms. The number of nitrogens with one attached hydrogen (secondary N) is 1. The molecular formula is C25H27F2N5O6. The number of hydrazone groups is 1.